The zero-order valence-electron chi connectivity index (χ0n) is 10.9. The van der Waals surface area contributed by atoms with Crippen molar-refractivity contribution in [2.75, 3.05) is 0 Å². The second-order valence-electron chi connectivity index (χ2n) is 4.19. The third-order valence-electron chi connectivity index (χ3n) is 2.72. The first-order valence-corrected chi connectivity index (χ1v) is 6.99. The van der Waals surface area contributed by atoms with Gasteiger partial charge in [0.1, 0.15) is 0 Å². The summed E-state index contributed by atoms with van der Waals surface area (Å²) in [5.41, 5.74) is 0.453. The Morgan fingerprint density at radius 1 is 1.41 bits per heavy atom. The van der Waals surface area contributed by atoms with E-state index in [1.54, 1.807) is 0 Å². The van der Waals surface area contributed by atoms with Gasteiger partial charge < -0.3 is 9.26 Å². The van der Waals surface area contributed by atoms with E-state index in [9.17, 15) is 14.5 Å². The standard InChI is InChI=1S/C13H8FN3O4S/c14-10-5-9(17(18)19)1-2-11(10)20-6-12-15-13(21-16-12)8-3-4-22-7-8/h1-5,7H,6H2. The Morgan fingerprint density at radius 2 is 2.27 bits per heavy atom. The quantitative estimate of drug-likeness (QED) is 0.528. The number of hydrogen-bond donors (Lipinski definition) is 0. The Kier molecular flexibility index (Phi) is 3.79. The van der Waals surface area contributed by atoms with Crippen LogP contribution in [0.3, 0.4) is 0 Å². The van der Waals surface area contributed by atoms with Crippen LogP contribution in [-0.2, 0) is 6.61 Å². The zero-order valence-corrected chi connectivity index (χ0v) is 11.7. The van der Waals surface area contributed by atoms with E-state index in [1.807, 2.05) is 16.8 Å². The van der Waals surface area contributed by atoms with Crippen LogP contribution in [0.15, 0.2) is 39.5 Å². The molecule has 2 aromatic heterocycles. The van der Waals surface area contributed by atoms with Crippen LogP contribution in [0.2, 0.25) is 0 Å². The Morgan fingerprint density at radius 3 is 2.95 bits per heavy atom. The molecule has 0 aliphatic carbocycles. The first kappa shape index (κ1) is 14.1. The SMILES string of the molecule is O=[N+]([O-])c1ccc(OCc2noc(-c3ccsc3)n2)c(F)c1. The molecule has 112 valence electrons. The van der Waals surface area contributed by atoms with Gasteiger partial charge in [0.2, 0.25) is 5.82 Å². The smallest absolute Gasteiger partial charge is 0.272 e. The summed E-state index contributed by atoms with van der Waals surface area (Å²) in [5, 5.41) is 18.0. The lowest BCUT2D eigenvalue weighted by Crippen LogP contribution is -2.00. The molecular formula is C13H8FN3O4S. The molecule has 0 radical (unpaired) electrons. The number of ether oxygens (including phenoxy) is 1. The number of hydrogen-bond acceptors (Lipinski definition) is 7. The van der Waals surface area contributed by atoms with Crippen molar-refractivity contribution in [3.05, 3.63) is 56.8 Å². The fourth-order valence-electron chi connectivity index (χ4n) is 1.68. The number of nitro groups is 1. The topological polar surface area (TPSA) is 91.3 Å². The van der Waals surface area contributed by atoms with Crippen molar-refractivity contribution in [2.24, 2.45) is 0 Å². The molecule has 0 bridgehead atoms. The molecule has 0 aliphatic heterocycles. The lowest BCUT2D eigenvalue weighted by Gasteiger charge is -2.03. The summed E-state index contributed by atoms with van der Waals surface area (Å²) in [4.78, 5) is 14.0. The molecule has 0 spiro atoms. The summed E-state index contributed by atoms with van der Waals surface area (Å²) in [6, 6.07) is 4.97. The zero-order chi connectivity index (χ0) is 15.5. The Bertz CT molecular complexity index is 803. The van der Waals surface area contributed by atoms with Gasteiger partial charge in [-0.25, -0.2) is 4.39 Å². The predicted octanol–water partition coefficient (Wildman–Crippen LogP) is 3.42. The van der Waals surface area contributed by atoms with E-state index in [1.165, 1.54) is 17.4 Å². The highest BCUT2D eigenvalue weighted by Gasteiger charge is 2.14. The summed E-state index contributed by atoms with van der Waals surface area (Å²) >= 11 is 1.50. The van der Waals surface area contributed by atoms with Gasteiger partial charge in [0.15, 0.2) is 18.2 Å². The van der Waals surface area contributed by atoms with Crippen LogP contribution in [0.5, 0.6) is 5.75 Å². The first-order valence-electron chi connectivity index (χ1n) is 6.05. The van der Waals surface area contributed by atoms with E-state index in [0.29, 0.717) is 5.89 Å². The molecule has 0 saturated carbocycles. The minimum Gasteiger partial charge on any atom is -0.482 e. The third kappa shape index (κ3) is 2.93. The van der Waals surface area contributed by atoms with Gasteiger partial charge in [-0.15, -0.1) is 0 Å². The molecule has 3 rings (SSSR count). The summed E-state index contributed by atoms with van der Waals surface area (Å²) in [6.07, 6.45) is 0. The number of aromatic nitrogens is 2. The van der Waals surface area contributed by atoms with Gasteiger partial charge in [0, 0.05) is 11.4 Å². The highest BCUT2D eigenvalue weighted by molar-refractivity contribution is 7.08. The fourth-order valence-corrected chi connectivity index (χ4v) is 2.31. The first-order chi connectivity index (χ1) is 10.6. The van der Waals surface area contributed by atoms with E-state index >= 15 is 0 Å². The third-order valence-corrected chi connectivity index (χ3v) is 3.40. The molecule has 1 aromatic carbocycles. The minimum absolute atomic E-state index is 0.109. The van der Waals surface area contributed by atoms with Crippen molar-refractivity contribution >= 4 is 17.0 Å². The monoisotopic (exact) mass is 321 g/mol. The van der Waals surface area contributed by atoms with Crippen molar-refractivity contribution in [1.29, 1.82) is 0 Å². The van der Waals surface area contributed by atoms with Crippen molar-refractivity contribution in [3.8, 4) is 17.2 Å². The lowest BCUT2D eigenvalue weighted by atomic mass is 10.3. The molecule has 3 aromatic rings. The van der Waals surface area contributed by atoms with Crippen LogP contribution in [0.4, 0.5) is 10.1 Å². The number of benzene rings is 1. The second kappa shape index (κ2) is 5.90. The van der Waals surface area contributed by atoms with E-state index < -0.39 is 10.7 Å². The molecule has 2 heterocycles. The maximum atomic E-state index is 13.6. The van der Waals surface area contributed by atoms with Crippen LogP contribution in [0, 0.1) is 15.9 Å². The van der Waals surface area contributed by atoms with Gasteiger partial charge in [0.05, 0.1) is 16.6 Å². The number of rotatable bonds is 5. The molecule has 0 saturated heterocycles. The van der Waals surface area contributed by atoms with Gasteiger partial charge in [-0.2, -0.15) is 16.3 Å². The predicted molar refractivity (Wildman–Crippen MR) is 75.0 cm³/mol. The summed E-state index contributed by atoms with van der Waals surface area (Å²) in [7, 11) is 0. The van der Waals surface area contributed by atoms with E-state index in [2.05, 4.69) is 10.1 Å². The average Bonchev–Trinajstić information content (AvgIpc) is 3.16. The van der Waals surface area contributed by atoms with Crippen LogP contribution in [-0.4, -0.2) is 15.1 Å². The number of halogens is 1. The van der Waals surface area contributed by atoms with Crippen molar-refractivity contribution < 1.29 is 18.6 Å². The molecule has 0 unspecified atom stereocenters. The molecule has 9 heteroatoms. The normalized spacial score (nSPS) is 10.6. The van der Waals surface area contributed by atoms with Crippen LogP contribution in [0.25, 0.3) is 11.5 Å². The molecule has 7 nitrogen and oxygen atoms in total. The average molecular weight is 321 g/mol. The highest BCUT2D eigenvalue weighted by Crippen LogP contribution is 2.24. The highest BCUT2D eigenvalue weighted by atomic mass is 32.1. The molecule has 0 fully saturated rings. The van der Waals surface area contributed by atoms with Crippen molar-refractivity contribution in [2.45, 2.75) is 6.61 Å². The van der Waals surface area contributed by atoms with Crippen molar-refractivity contribution in [3.63, 3.8) is 0 Å². The van der Waals surface area contributed by atoms with Crippen LogP contribution in [0.1, 0.15) is 5.82 Å². The summed E-state index contributed by atoms with van der Waals surface area (Å²) in [6.45, 7) is -0.109. The molecule has 0 N–H and O–H groups in total. The van der Waals surface area contributed by atoms with Gasteiger partial charge in [-0.3, -0.25) is 10.1 Å². The molecule has 22 heavy (non-hydrogen) atoms. The molecule has 0 aliphatic rings. The lowest BCUT2D eigenvalue weighted by molar-refractivity contribution is -0.385. The van der Waals surface area contributed by atoms with Crippen molar-refractivity contribution in [1.82, 2.24) is 10.1 Å². The fraction of sp³-hybridized carbons (Fsp3) is 0.0769. The summed E-state index contributed by atoms with van der Waals surface area (Å²) < 4.78 is 23.9. The number of nitrogens with zero attached hydrogens (tertiary/aromatic N) is 3. The summed E-state index contributed by atoms with van der Waals surface area (Å²) in [5.74, 6) is -0.341. The van der Waals surface area contributed by atoms with Crippen LogP contribution >= 0.6 is 11.3 Å². The van der Waals surface area contributed by atoms with Gasteiger partial charge in [-0.1, -0.05) is 5.16 Å². The Labute approximate surface area is 127 Å². The van der Waals surface area contributed by atoms with Gasteiger partial charge in [0.25, 0.3) is 11.6 Å². The maximum Gasteiger partial charge on any atom is 0.272 e. The number of non-ortho nitro benzene ring substituents is 1. The van der Waals surface area contributed by atoms with E-state index in [0.717, 1.165) is 17.7 Å². The number of nitro benzene ring substituents is 1. The van der Waals surface area contributed by atoms with E-state index in [-0.39, 0.29) is 23.9 Å². The van der Waals surface area contributed by atoms with Gasteiger partial charge >= 0.3 is 0 Å². The van der Waals surface area contributed by atoms with E-state index in [4.69, 9.17) is 9.26 Å². The molecule has 0 atom stereocenters. The number of thiophene rings is 1. The minimum atomic E-state index is -0.823. The van der Waals surface area contributed by atoms with Gasteiger partial charge in [-0.05, 0) is 17.5 Å². The maximum absolute atomic E-state index is 13.6. The second-order valence-corrected chi connectivity index (χ2v) is 4.97. The largest absolute Gasteiger partial charge is 0.482 e. The Balaban J connectivity index is 1.69. The molecular weight excluding hydrogens is 313 g/mol. The van der Waals surface area contributed by atoms with Crippen LogP contribution < -0.4 is 4.74 Å². The Hall–Kier alpha value is -2.81. The molecule has 0 amide bonds.